The Labute approximate surface area is 211 Å². The van der Waals surface area contributed by atoms with E-state index in [0.29, 0.717) is 29.4 Å². The largest absolute Gasteiger partial charge is 0.495 e. The van der Waals surface area contributed by atoms with Crippen molar-refractivity contribution in [1.29, 1.82) is 0 Å². The number of nitrogens with zero attached hydrogens (tertiary/aromatic N) is 2. The molecule has 11 heteroatoms. The molecule has 0 saturated carbocycles. The minimum Gasteiger partial charge on any atom is -0.495 e. The van der Waals surface area contributed by atoms with Crippen LogP contribution in [-0.2, 0) is 14.4 Å². The Balaban J connectivity index is 1.95. The van der Waals surface area contributed by atoms with Gasteiger partial charge >= 0.3 is 0 Å². The molecule has 8 nitrogen and oxygen atoms in total. The van der Waals surface area contributed by atoms with Crippen LogP contribution >= 0.6 is 18.7 Å². The van der Waals surface area contributed by atoms with Crippen molar-refractivity contribution in [3.63, 3.8) is 0 Å². The fraction of sp³-hybridized carbons (Fsp3) is 0.333. The Hall–Kier alpha value is -2.61. The molecule has 0 amide bonds. The lowest BCUT2D eigenvalue weighted by Gasteiger charge is -2.18. The number of anilines is 4. The summed E-state index contributed by atoms with van der Waals surface area (Å²) in [5.41, 5.74) is 0.954. The molecule has 0 atom stereocenters. The van der Waals surface area contributed by atoms with Gasteiger partial charge in [-0.3, -0.25) is 0 Å². The van der Waals surface area contributed by atoms with Gasteiger partial charge < -0.3 is 19.9 Å². The smallest absolute Gasteiger partial charge is 0.229 e. The second-order valence-corrected chi connectivity index (χ2v) is 14.6. The van der Waals surface area contributed by atoms with E-state index in [2.05, 4.69) is 20.6 Å². The number of rotatable bonds is 10. The van der Waals surface area contributed by atoms with Gasteiger partial charge in [0.1, 0.15) is 17.9 Å². The Morgan fingerprint density at radius 3 is 2.37 bits per heavy atom. The van der Waals surface area contributed by atoms with Crippen LogP contribution in [-0.4, -0.2) is 43.1 Å². The summed E-state index contributed by atoms with van der Waals surface area (Å²) in [6.45, 7) is 7.10. The number of methoxy groups -OCH3 is 1. The van der Waals surface area contributed by atoms with E-state index in [-0.39, 0.29) is 21.7 Å². The number of benzene rings is 2. The molecule has 2 aromatic carbocycles. The van der Waals surface area contributed by atoms with Crippen molar-refractivity contribution in [2.75, 3.05) is 30.1 Å². The average molecular weight is 537 g/mol. The summed E-state index contributed by atoms with van der Waals surface area (Å²) < 4.78 is 44.2. The number of nitrogens with one attached hydrogen (secondary N) is 2. The first-order valence-electron chi connectivity index (χ1n) is 11.2. The molecular formula is C24H30ClN4O4PS. The lowest BCUT2D eigenvalue weighted by atomic mass is 10.3. The Bertz CT molecular complexity index is 1360. The zero-order valence-electron chi connectivity index (χ0n) is 20.4. The summed E-state index contributed by atoms with van der Waals surface area (Å²) in [7, 11) is -4.47. The monoisotopic (exact) mass is 536 g/mol. The highest BCUT2D eigenvalue weighted by molar-refractivity contribution is 7.92. The lowest BCUT2D eigenvalue weighted by Crippen LogP contribution is -2.15. The fourth-order valence-corrected chi connectivity index (χ4v) is 6.68. The van der Waals surface area contributed by atoms with Gasteiger partial charge in [0.2, 0.25) is 5.95 Å². The topological polar surface area (TPSA) is 110 Å². The predicted octanol–water partition coefficient (Wildman–Crippen LogP) is 5.84. The van der Waals surface area contributed by atoms with Crippen molar-refractivity contribution in [2.45, 2.75) is 37.8 Å². The minimum atomic E-state index is -3.53. The van der Waals surface area contributed by atoms with Gasteiger partial charge in [-0.2, -0.15) is 4.98 Å². The lowest BCUT2D eigenvalue weighted by molar-refractivity contribution is 0.417. The van der Waals surface area contributed by atoms with E-state index in [1.54, 1.807) is 50.2 Å². The van der Waals surface area contributed by atoms with Crippen LogP contribution in [0.5, 0.6) is 5.75 Å². The van der Waals surface area contributed by atoms with Gasteiger partial charge in [0.05, 0.1) is 34.8 Å². The zero-order chi connectivity index (χ0) is 25.8. The molecule has 1 heterocycles. The third-order valence-corrected chi connectivity index (χ3v) is 11.5. The van der Waals surface area contributed by atoms with Gasteiger partial charge in [-0.05, 0) is 44.2 Å². The highest BCUT2D eigenvalue weighted by Crippen LogP contribution is 2.45. The quantitative estimate of drug-likeness (QED) is 0.311. The Morgan fingerprint density at radius 1 is 1.06 bits per heavy atom. The van der Waals surface area contributed by atoms with E-state index >= 15 is 0 Å². The van der Waals surface area contributed by atoms with Crippen molar-refractivity contribution in [1.82, 2.24) is 9.97 Å². The van der Waals surface area contributed by atoms with E-state index in [1.165, 1.54) is 13.3 Å². The normalized spacial score (nSPS) is 12.0. The molecular weight excluding hydrogens is 507 g/mol. The second kappa shape index (κ2) is 11.0. The number of hydrogen-bond donors (Lipinski definition) is 2. The second-order valence-electron chi connectivity index (χ2n) is 8.14. The molecule has 0 bridgehead atoms. The van der Waals surface area contributed by atoms with Crippen molar-refractivity contribution in [3.05, 3.63) is 53.7 Å². The fourth-order valence-electron chi connectivity index (χ4n) is 3.46. The van der Waals surface area contributed by atoms with E-state index in [9.17, 15) is 13.0 Å². The predicted molar refractivity (Wildman–Crippen MR) is 144 cm³/mol. The van der Waals surface area contributed by atoms with E-state index < -0.39 is 22.2 Å². The molecule has 2 N–H and O–H groups in total. The molecule has 1 aromatic heterocycles. The maximum Gasteiger partial charge on any atom is 0.229 e. The van der Waals surface area contributed by atoms with E-state index in [0.717, 1.165) is 5.30 Å². The van der Waals surface area contributed by atoms with Gasteiger partial charge in [-0.25, -0.2) is 13.4 Å². The number of hydrogen-bond acceptors (Lipinski definition) is 8. The van der Waals surface area contributed by atoms with Crippen LogP contribution in [0.15, 0.2) is 53.6 Å². The number of sulfone groups is 1. The SMILES string of the molecule is CCP(=O)(CC)c1ccc(Nc2ncc(Cl)c(Nc3ccccc3S(=O)(=O)C(C)C)n2)c(OC)c1. The molecule has 35 heavy (non-hydrogen) atoms. The van der Waals surface area contributed by atoms with Gasteiger partial charge in [0, 0.05) is 17.6 Å². The van der Waals surface area contributed by atoms with Crippen molar-refractivity contribution in [2.24, 2.45) is 0 Å². The van der Waals surface area contributed by atoms with Gasteiger partial charge in [0.25, 0.3) is 0 Å². The van der Waals surface area contributed by atoms with Crippen LogP contribution in [0.3, 0.4) is 0 Å². The van der Waals surface area contributed by atoms with Crippen LogP contribution in [0.1, 0.15) is 27.7 Å². The van der Waals surface area contributed by atoms with Crippen LogP contribution < -0.4 is 20.7 Å². The molecule has 0 aliphatic rings. The Kier molecular flexibility index (Phi) is 8.46. The molecule has 3 rings (SSSR count). The summed E-state index contributed by atoms with van der Waals surface area (Å²) in [6, 6.07) is 12.0. The van der Waals surface area contributed by atoms with Crippen LogP contribution in [0.25, 0.3) is 0 Å². The highest BCUT2D eigenvalue weighted by atomic mass is 35.5. The maximum atomic E-state index is 13.1. The molecule has 0 aliphatic carbocycles. The summed E-state index contributed by atoms with van der Waals surface area (Å²) in [5.74, 6) is 0.972. The zero-order valence-corrected chi connectivity index (χ0v) is 22.8. The number of halogens is 1. The minimum absolute atomic E-state index is 0.160. The number of ether oxygens (including phenoxy) is 1. The first kappa shape index (κ1) is 27.0. The van der Waals surface area contributed by atoms with Gasteiger partial charge in [-0.1, -0.05) is 37.6 Å². The van der Waals surface area contributed by atoms with E-state index in [1.807, 2.05) is 19.9 Å². The van der Waals surface area contributed by atoms with Gasteiger partial charge in [-0.15, -0.1) is 0 Å². The molecule has 188 valence electrons. The summed E-state index contributed by atoms with van der Waals surface area (Å²) in [5, 5.41) is 6.52. The summed E-state index contributed by atoms with van der Waals surface area (Å²) >= 11 is 6.32. The van der Waals surface area contributed by atoms with Crippen molar-refractivity contribution >= 4 is 57.0 Å². The molecule has 0 unspecified atom stereocenters. The first-order valence-corrected chi connectivity index (χ1v) is 15.2. The first-order chi connectivity index (χ1) is 16.6. The highest BCUT2D eigenvalue weighted by Gasteiger charge is 2.24. The van der Waals surface area contributed by atoms with Crippen LogP contribution in [0.2, 0.25) is 5.02 Å². The molecule has 0 radical (unpaired) electrons. The number of aromatic nitrogens is 2. The summed E-state index contributed by atoms with van der Waals surface area (Å²) in [4.78, 5) is 8.83. The third-order valence-electron chi connectivity index (χ3n) is 5.74. The molecule has 0 fully saturated rings. The summed E-state index contributed by atoms with van der Waals surface area (Å²) in [6.07, 6.45) is 2.56. The molecule has 0 aliphatic heterocycles. The molecule has 3 aromatic rings. The van der Waals surface area contributed by atoms with Crippen LogP contribution in [0, 0.1) is 0 Å². The van der Waals surface area contributed by atoms with Crippen molar-refractivity contribution < 1.29 is 17.7 Å². The molecule has 0 spiro atoms. The number of para-hydroxylation sites is 1. The standard InChI is InChI=1S/C24H30ClN4O4PS/c1-6-34(30,7-2)17-12-13-19(21(14-17)33-5)28-24-26-15-18(25)23(29-24)27-20-10-8-9-11-22(20)35(31,32)16(3)4/h8-16H,6-7H2,1-5H3,(H2,26,27,28,29). The van der Waals surface area contributed by atoms with Gasteiger partial charge in [0.15, 0.2) is 15.7 Å². The van der Waals surface area contributed by atoms with E-state index in [4.69, 9.17) is 16.3 Å². The maximum absolute atomic E-state index is 13.1. The molecule has 0 saturated heterocycles. The third kappa shape index (κ3) is 5.80. The average Bonchev–Trinajstić information content (AvgIpc) is 2.85. The van der Waals surface area contributed by atoms with Crippen molar-refractivity contribution in [3.8, 4) is 5.75 Å². The van der Waals surface area contributed by atoms with Crippen LogP contribution in [0.4, 0.5) is 23.1 Å². The Morgan fingerprint density at radius 2 is 1.74 bits per heavy atom.